The van der Waals surface area contributed by atoms with Gasteiger partial charge < -0.3 is 10.1 Å². The molecule has 1 heterocycles. The van der Waals surface area contributed by atoms with Gasteiger partial charge in [-0.05, 0) is 49.6 Å². The molecule has 2 aromatic carbocycles. The number of hydrogen-bond donors (Lipinski definition) is 2. The third-order valence-corrected chi connectivity index (χ3v) is 6.42. The van der Waals surface area contributed by atoms with E-state index in [1.807, 2.05) is 25.1 Å². The Morgan fingerprint density at radius 2 is 2.04 bits per heavy atom. The van der Waals surface area contributed by atoms with Crippen molar-refractivity contribution < 1.29 is 17.9 Å². The van der Waals surface area contributed by atoms with Crippen molar-refractivity contribution in [1.82, 2.24) is 10.0 Å². The number of benzene rings is 2. The molecule has 2 N–H and O–H groups in total. The molecule has 0 aliphatic carbocycles. The van der Waals surface area contributed by atoms with Crippen LogP contribution in [0.5, 0.6) is 0 Å². The second-order valence-electron chi connectivity index (χ2n) is 6.73. The van der Waals surface area contributed by atoms with E-state index in [0.717, 1.165) is 18.4 Å². The van der Waals surface area contributed by atoms with Gasteiger partial charge in [-0.15, -0.1) is 0 Å². The van der Waals surface area contributed by atoms with Crippen LogP contribution in [0.25, 0.3) is 0 Å². The number of carbonyl (C=O) groups is 1. The molecular formula is C20H23ClN2O4S. The largest absolute Gasteiger partial charge is 0.377 e. The highest BCUT2D eigenvalue weighted by Gasteiger charge is 2.21. The number of hydrogen-bond acceptors (Lipinski definition) is 4. The van der Waals surface area contributed by atoms with Gasteiger partial charge in [-0.1, -0.05) is 35.9 Å². The molecule has 0 bridgehead atoms. The molecule has 1 aliphatic heterocycles. The summed E-state index contributed by atoms with van der Waals surface area (Å²) in [7, 11) is -3.72. The summed E-state index contributed by atoms with van der Waals surface area (Å²) < 4.78 is 33.1. The Hall–Kier alpha value is -1.93. The lowest BCUT2D eigenvalue weighted by atomic mass is 10.1. The maximum absolute atomic E-state index is 12.6. The van der Waals surface area contributed by atoms with E-state index < -0.39 is 10.0 Å². The van der Waals surface area contributed by atoms with Crippen molar-refractivity contribution in [3.8, 4) is 0 Å². The van der Waals surface area contributed by atoms with Gasteiger partial charge in [0.1, 0.15) is 0 Å². The fourth-order valence-corrected chi connectivity index (χ4v) is 4.49. The molecule has 0 radical (unpaired) electrons. The third-order valence-electron chi connectivity index (χ3n) is 4.65. The van der Waals surface area contributed by atoms with Crippen molar-refractivity contribution in [2.45, 2.75) is 36.8 Å². The average Bonchev–Trinajstić information content (AvgIpc) is 3.20. The first kappa shape index (κ1) is 20.8. The van der Waals surface area contributed by atoms with Crippen LogP contribution in [0.3, 0.4) is 0 Å². The van der Waals surface area contributed by atoms with Crippen LogP contribution in [0, 0.1) is 0 Å². The van der Waals surface area contributed by atoms with E-state index in [1.54, 1.807) is 18.2 Å². The van der Waals surface area contributed by atoms with Crippen molar-refractivity contribution in [2.24, 2.45) is 0 Å². The Morgan fingerprint density at radius 1 is 1.25 bits per heavy atom. The van der Waals surface area contributed by atoms with Gasteiger partial charge in [0.25, 0.3) is 5.91 Å². The van der Waals surface area contributed by atoms with Crippen molar-refractivity contribution in [3.05, 3.63) is 64.7 Å². The standard InChI is InChI=1S/C20H23ClN2O4S/c1-14(18-9-2-3-10-19(18)21)23-20(24)15-6-4-8-17(12-15)28(25,26)22-13-16-7-5-11-27-16/h2-4,6,8-10,12,14,16,22H,5,7,11,13H2,1H3,(H,23,24). The molecule has 1 fully saturated rings. The van der Waals surface area contributed by atoms with Crippen LogP contribution in [0.15, 0.2) is 53.4 Å². The lowest BCUT2D eigenvalue weighted by Crippen LogP contribution is -2.32. The highest BCUT2D eigenvalue weighted by atomic mass is 35.5. The van der Waals surface area contributed by atoms with E-state index in [9.17, 15) is 13.2 Å². The Balaban J connectivity index is 1.69. The van der Waals surface area contributed by atoms with Gasteiger partial charge in [0, 0.05) is 23.7 Å². The topological polar surface area (TPSA) is 84.5 Å². The first-order chi connectivity index (χ1) is 13.4. The summed E-state index contributed by atoms with van der Waals surface area (Å²) in [5.41, 5.74) is 1.05. The van der Waals surface area contributed by atoms with Gasteiger partial charge in [0.2, 0.25) is 10.0 Å². The summed E-state index contributed by atoms with van der Waals surface area (Å²) in [5.74, 6) is -0.372. The summed E-state index contributed by atoms with van der Waals surface area (Å²) in [4.78, 5) is 12.6. The molecule has 0 saturated carbocycles. The Morgan fingerprint density at radius 3 is 2.75 bits per heavy atom. The summed E-state index contributed by atoms with van der Waals surface area (Å²) in [6.07, 6.45) is 1.68. The normalized spacial score (nSPS) is 18.0. The fraction of sp³-hybridized carbons (Fsp3) is 0.350. The summed E-state index contributed by atoms with van der Waals surface area (Å²) >= 11 is 6.17. The minimum atomic E-state index is -3.72. The molecular weight excluding hydrogens is 400 g/mol. The second kappa shape index (κ2) is 9.05. The molecule has 1 saturated heterocycles. The SMILES string of the molecule is CC(NC(=O)c1cccc(S(=O)(=O)NCC2CCCO2)c1)c1ccccc1Cl. The second-order valence-corrected chi connectivity index (χ2v) is 8.91. The van der Waals surface area contributed by atoms with E-state index in [1.165, 1.54) is 12.1 Å². The number of halogens is 1. The van der Waals surface area contributed by atoms with Gasteiger partial charge in [-0.3, -0.25) is 4.79 Å². The van der Waals surface area contributed by atoms with Crippen molar-refractivity contribution >= 4 is 27.5 Å². The van der Waals surface area contributed by atoms with Crippen LogP contribution >= 0.6 is 11.6 Å². The molecule has 8 heteroatoms. The van der Waals surface area contributed by atoms with Crippen molar-refractivity contribution in [3.63, 3.8) is 0 Å². The number of sulfonamides is 1. The van der Waals surface area contributed by atoms with E-state index >= 15 is 0 Å². The van der Waals surface area contributed by atoms with Crippen LogP contribution in [-0.2, 0) is 14.8 Å². The van der Waals surface area contributed by atoms with Gasteiger partial charge in [-0.2, -0.15) is 0 Å². The minimum Gasteiger partial charge on any atom is -0.377 e. The molecule has 28 heavy (non-hydrogen) atoms. The van der Waals surface area contributed by atoms with Crippen LogP contribution < -0.4 is 10.0 Å². The molecule has 0 aromatic heterocycles. The predicted molar refractivity (Wildman–Crippen MR) is 108 cm³/mol. The molecule has 150 valence electrons. The lowest BCUT2D eigenvalue weighted by molar-refractivity contribution is 0.0939. The van der Waals surface area contributed by atoms with Crippen LogP contribution in [-0.4, -0.2) is 33.6 Å². The number of amides is 1. The molecule has 1 aliphatic rings. The van der Waals surface area contributed by atoms with Crippen molar-refractivity contribution in [2.75, 3.05) is 13.2 Å². The smallest absolute Gasteiger partial charge is 0.251 e. The molecule has 3 rings (SSSR count). The zero-order valence-corrected chi connectivity index (χ0v) is 17.1. The lowest BCUT2D eigenvalue weighted by Gasteiger charge is -2.16. The van der Waals surface area contributed by atoms with Gasteiger partial charge in [0.05, 0.1) is 17.0 Å². The predicted octanol–water partition coefficient (Wildman–Crippen LogP) is 3.29. The zero-order valence-electron chi connectivity index (χ0n) is 15.5. The number of rotatable bonds is 7. The van der Waals surface area contributed by atoms with Crippen LogP contribution in [0.1, 0.15) is 41.7 Å². The maximum Gasteiger partial charge on any atom is 0.251 e. The fourth-order valence-electron chi connectivity index (χ4n) is 3.08. The quantitative estimate of drug-likeness (QED) is 0.717. The summed E-state index contributed by atoms with van der Waals surface area (Å²) in [6.45, 7) is 2.71. The van der Waals surface area contributed by atoms with Crippen LogP contribution in [0.2, 0.25) is 5.02 Å². The average molecular weight is 423 g/mol. The minimum absolute atomic E-state index is 0.0449. The number of nitrogens with one attached hydrogen (secondary N) is 2. The van der Waals surface area contributed by atoms with E-state index in [-0.39, 0.29) is 35.1 Å². The van der Waals surface area contributed by atoms with E-state index in [2.05, 4.69) is 10.0 Å². The number of ether oxygens (including phenoxy) is 1. The molecule has 2 atom stereocenters. The molecule has 2 aromatic rings. The third kappa shape index (κ3) is 5.11. The Bertz CT molecular complexity index is 943. The van der Waals surface area contributed by atoms with Crippen LogP contribution in [0.4, 0.5) is 0 Å². The molecule has 1 amide bonds. The van der Waals surface area contributed by atoms with Crippen molar-refractivity contribution in [1.29, 1.82) is 0 Å². The molecule has 2 unspecified atom stereocenters. The maximum atomic E-state index is 12.6. The molecule has 6 nitrogen and oxygen atoms in total. The number of carbonyl (C=O) groups excluding carboxylic acids is 1. The zero-order chi connectivity index (χ0) is 20.1. The van der Waals surface area contributed by atoms with Gasteiger partial charge >= 0.3 is 0 Å². The highest BCUT2D eigenvalue weighted by molar-refractivity contribution is 7.89. The highest BCUT2D eigenvalue weighted by Crippen LogP contribution is 2.23. The van der Waals surface area contributed by atoms with Gasteiger partial charge in [0.15, 0.2) is 0 Å². The Labute approximate surface area is 170 Å². The van der Waals surface area contributed by atoms with E-state index in [0.29, 0.717) is 11.6 Å². The monoisotopic (exact) mass is 422 g/mol. The first-order valence-corrected chi connectivity index (χ1v) is 11.0. The molecule has 0 spiro atoms. The Kier molecular flexibility index (Phi) is 6.72. The van der Waals surface area contributed by atoms with Gasteiger partial charge in [-0.25, -0.2) is 13.1 Å². The van der Waals surface area contributed by atoms with E-state index in [4.69, 9.17) is 16.3 Å². The first-order valence-electron chi connectivity index (χ1n) is 9.13. The summed E-state index contributed by atoms with van der Waals surface area (Å²) in [5, 5.41) is 3.41. The summed E-state index contributed by atoms with van der Waals surface area (Å²) in [6, 6.07) is 12.9.